The highest BCUT2D eigenvalue weighted by Gasteiger charge is 2.34. The van der Waals surface area contributed by atoms with Crippen molar-refractivity contribution in [1.29, 1.82) is 0 Å². The summed E-state index contributed by atoms with van der Waals surface area (Å²) in [6.45, 7) is 7.89. The van der Waals surface area contributed by atoms with Gasteiger partial charge in [-0.25, -0.2) is 0 Å². The van der Waals surface area contributed by atoms with Crippen LogP contribution >= 0.6 is 0 Å². The smallest absolute Gasteiger partial charge is 0.106 e. The Morgan fingerprint density at radius 2 is 2.05 bits per heavy atom. The molecule has 4 nitrogen and oxygen atoms in total. The van der Waals surface area contributed by atoms with Gasteiger partial charge in [-0.1, -0.05) is 29.8 Å². The highest BCUT2D eigenvalue weighted by Crippen LogP contribution is 2.29. The molecular weight excluding hydrogens is 262 g/mol. The molecule has 1 aliphatic heterocycles. The molecule has 1 fully saturated rings. The molecule has 3 rings (SSSR count). The summed E-state index contributed by atoms with van der Waals surface area (Å²) >= 11 is 0. The number of nitrogens with zero attached hydrogens (tertiary/aromatic N) is 3. The summed E-state index contributed by atoms with van der Waals surface area (Å²) in [4.78, 5) is 2.46. The molecule has 112 valence electrons. The van der Waals surface area contributed by atoms with Crippen LogP contribution in [0.25, 0.3) is 0 Å². The molecule has 0 bridgehead atoms. The summed E-state index contributed by atoms with van der Waals surface area (Å²) < 4.78 is 7.89. The molecule has 2 aromatic rings. The van der Waals surface area contributed by atoms with Crippen LogP contribution < -0.4 is 0 Å². The number of ether oxygens (including phenoxy) is 1. The lowest BCUT2D eigenvalue weighted by Crippen LogP contribution is -2.47. The lowest BCUT2D eigenvalue weighted by molar-refractivity contribution is -0.105. The third kappa shape index (κ3) is 3.17. The molecule has 1 atom stereocenters. The zero-order valence-electron chi connectivity index (χ0n) is 13.0. The van der Waals surface area contributed by atoms with Gasteiger partial charge < -0.3 is 4.74 Å². The van der Waals surface area contributed by atoms with Gasteiger partial charge in [-0.05, 0) is 19.4 Å². The van der Waals surface area contributed by atoms with E-state index in [2.05, 4.69) is 54.3 Å². The maximum atomic E-state index is 6.06. The monoisotopic (exact) mass is 285 g/mol. The minimum absolute atomic E-state index is 0.267. The molecule has 2 heterocycles. The first kappa shape index (κ1) is 14.3. The summed E-state index contributed by atoms with van der Waals surface area (Å²) in [6, 6.07) is 8.78. The number of benzene rings is 1. The Bertz CT molecular complexity index is 605. The second-order valence-corrected chi connectivity index (χ2v) is 6.18. The summed E-state index contributed by atoms with van der Waals surface area (Å²) in [6.07, 6.45) is 3.96. The molecule has 21 heavy (non-hydrogen) atoms. The minimum Gasteiger partial charge on any atom is -0.368 e. The Morgan fingerprint density at radius 3 is 2.71 bits per heavy atom. The topological polar surface area (TPSA) is 30.3 Å². The Balaban J connectivity index is 1.72. The van der Waals surface area contributed by atoms with Crippen molar-refractivity contribution < 1.29 is 4.74 Å². The zero-order chi connectivity index (χ0) is 14.9. The summed E-state index contributed by atoms with van der Waals surface area (Å²) in [5.41, 5.74) is 3.55. The predicted octanol–water partition coefficient (Wildman–Crippen LogP) is 2.48. The fourth-order valence-electron chi connectivity index (χ4n) is 2.91. The zero-order valence-corrected chi connectivity index (χ0v) is 13.0. The molecule has 0 saturated carbocycles. The first-order valence-electron chi connectivity index (χ1n) is 7.46. The van der Waals surface area contributed by atoms with Gasteiger partial charge >= 0.3 is 0 Å². The Labute approximate surface area is 126 Å². The maximum Gasteiger partial charge on any atom is 0.106 e. The van der Waals surface area contributed by atoms with E-state index in [9.17, 15) is 0 Å². The van der Waals surface area contributed by atoms with Crippen molar-refractivity contribution in [2.24, 2.45) is 7.05 Å². The maximum absolute atomic E-state index is 6.06. The lowest BCUT2D eigenvalue weighted by atomic mass is 9.96. The quantitative estimate of drug-likeness (QED) is 0.868. The molecule has 1 aromatic heterocycles. The van der Waals surface area contributed by atoms with Gasteiger partial charge in [0.2, 0.25) is 0 Å². The number of aromatic nitrogens is 2. The van der Waals surface area contributed by atoms with Crippen LogP contribution in [0.1, 0.15) is 23.6 Å². The second-order valence-electron chi connectivity index (χ2n) is 6.18. The molecule has 0 amide bonds. The summed E-state index contributed by atoms with van der Waals surface area (Å²) in [7, 11) is 1.94. The van der Waals surface area contributed by atoms with Crippen molar-refractivity contribution in [2.75, 3.05) is 19.7 Å². The van der Waals surface area contributed by atoms with Gasteiger partial charge in [0.25, 0.3) is 0 Å². The van der Waals surface area contributed by atoms with Gasteiger partial charge in [0.05, 0.1) is 12.8 Å². The molecule has 0 N–H and O–H groups in total. The van der Waals surface area contributed by atoms with Crippen molar-refractivity contribution in [3.63, 3.8) is 0 Å². The van der Waals surface area contributed by atoms with Crippen LogP contribution in [-0.2, 0) is 23.9 Å². The average molecular weight is 285 g/mol. The molecule has 1 aromatic carbocycles. The Morgan fingerprint density at radius 1 is 1.29 bits per heavy atom. The van der Waals surface area contributed by atoms with E-state index in [4.69, 9.17) is 4.74 Å². The Hall–Kier alpha value is -1.65. The van der Waals surface area contributed by atoms with E-state index in [1.165, 1.54) is 11.1 Å². The molecular formula is C17H23N3O. The van der Waals surface area contributed by atoms with Crippen LogP contribution in [0.2, 0.25) is 0 Å². The SMILES string of the molecule is Cc1ccc(CN2CCOC(C)(c3cnn(C)c3)C2)cc1. The van der Waals surface area contributed by atoms with Crippen LogP contribution in [-0.4, -0.2) is 34.4 Å². The molecule has 0 radical (unpaired) electrons. The predicted molar refractivity (Wildman–Crippen MR) is 83.0 cm³/mol. The van der Waals surface area contributed by atoms with E-state index in [0.29, 0.717) is 0 Å². The lowest BCUT2D eigenvalue weighted by Gasteiger charge is -2.40. The number of morpholine rings is 1. The first-order valence-corrected chi connectivity index (χ1v) is 7.46. The van der Waals surface area contributed by atoms with Crippen LogP contribution in [0, 0.1) is 6.92 Å². The average Bonchev–Trinajstić information content (AvgIpc) is 2.89. The third-order valence-electron chi connectivity index (χ3n) is 4.20. The van der Waals surface area contributed by atoms with E-state index >= 15 is 0 Å². The number of hydrogen-bond acceptors (Lipinski definition) is 3. The summed E-state index contributed by atoms with van der Waals surface area (Å²) in [5.74, 6) is 0. The number of aryl methyl sites for hydroxylation is 2. The fraction of sp³-hybridized carbons (Fsp3) is 0.471. The standard InChI is InChI=1S/C17H23N3O/c1-14-4-6-15(7-5-14)11-20-8-9-21-17(2,13-20)16-10-18-19(3)12-16/h4-7,10,12H,8-9,11,13H2,1-3H3. The first-order chi connectivity index (χ1) is 10.0. The third-order valence-corrected chi connectivity index (χ3v) is 4.20. The largest absolute Gasteiger partial charge is 0.368 e. The molecule has 1 aliphatic rings. The van der Waals surface area contributed by atoms with Crippen molar-refractivity contribution in [2.45, 2.75) is 26.0 Å². The van der Waals surface area contributed by atoms with E-state index < -0.39 is 0 Å². The van der Waals surface area contributed by atoms with Gasteiger partial charge in [-0.2, -0.15) is 5.10 Å². The van der Waals surface area contributed by atoms with Crippen LogP contribution in [0.5, 0.6) is 0 Å². The van der Waals surface area contributed by atoms with Gasteiger partial charge in [0.15, 0.2) is 0 Å². The molecule has 1 unspecified atom stereocenters. The molecule has 0 aliphatic carbocycles. The highest BCUT2D eigenvalue weighted by molar-refractivity contribution is 5.22. The molecule has 0 spiro atoms. The van der Waals surface area contributed by atoms with Crippen molar-refractivity contribution >= 4 is 0 Å². The van der Waals surface area contributed by atoms with Crippen LogP contribution in [0.4, 0.5) is 0 Å². The van der Waals surface area contributed by atoms with Gasteiger partial charge in [-0.3, -0.25) is 9.58 Å². The van der Waals surface area contributed by atoms with Crippen LogP contribution in [0.3, 0.4) is 0 Å². The van der Waals surface area contributed by atoms with Gasteiger partial charge in [-0.15, -0.1) is 0 Å². The van der Waals surface area contributed by atoms with Crippen molar-refractivity contribution in [3.8, 4) is 0 Å². The summed E-state index contributed by atoms with van der Waals surface area (Å²) in [5, 5.41) is 4.27. The highest BCUT2D eigenvalue weighted by atomic mass is 16.5. The second kappa shape index (κ2) is 5.62. The molecule has 4 heteroatoms. The number of rotatable bonds is 3. The fourth-order valence-corrected chi connectivity index (χ4v) is 2.91. The van der Waals surface area contributed by atoms with Crippen LogP contribution in [0.15, 0.2) is 36.7 Å². The molecule has 1 saturated heterocycles. The van der Waals surface area contributed by atoms with Gasteiger partial charge in [0.1, 0.15) is 5.60 Å². The normalized spacial score (nSPS) is 23.4. The van der Waals surface area contributed by atoms with E-state index in [1.807, 2.05) is 17.9 Å². The Kier molecular flexibility index (Phi) is 3.83. The van der Waals surface area contributed by atoms with E-state index in [-0.39, 0.29) is 5.60 Å². The minimum atomic E-state index is -0.267. The number of hydrogen-bond donors (Lipinski definition) is 0. The van der Waals surface area contributed by atoms with Crippen molar-refractivity contribution in [3.05, 3.63) is 53.3 Å². The van der Waals surface area contributed by atoms with E-state index in [0.717, 1.165) is 31.8 Å². The van der Waals surface area contributed by atoms with Gasteiger partial charge in [0, 0.05) is 38.4 Å². The van der Waals surface area contributed by atoms with E-state index in [1.54, 1.807) is 0 Å². The van der Waals surface area contributed by atoms with Crippen molar-refractivity contribution in [1.82, 2.24) is 14.7 Å².